The average molecular weight is 313 g/mol. The van der Waals surface area contributed by atoms with Crippen LogP contribution in [0.3, 0.4) is 0 Å². The Morgan fingerprint density at radius 2 is 1.95 bits per heavy atom. The van der Waals surface area contributed by atoms with E-state index in [0.717, 1.165) is 21.8 Å². The molecule has 0 bridgehead atoms. The van der Waals surface area contributed by atoms with Crippen molar-refractivity contribution in [2.24, 2.45) is 0 Å². The summed E-state index contributed by atoms with van der Waals surface area (Å²) in [4.78, 5) is 8.65. The van der Waals surface area contributed by atoms with Crippen molar-refractivity contribution in [1.29, 1.82) is 0 Å². The molecule has 3 rings (SSSR count). The van der Waals surface area contributed by atoms with Crippen molar-refractivity contribution in [3.05, 3.63) is 48.1 Å². The summed E-state index contributed by atoms with van der Waals surface area (Å²) in [5.74, 6) is 0.573. The zero-order chi connectivity index (χ0) is 15.4. The first kappa shape index (κ1) is 14.5. The van der Waals surface area contributed by atoms with Gasteiger partial charge in [0, 0.05) is 28.9 Å². The van der Waals surface area contributed by atoms with Gasteiger partial charge in [-0.05, 0) is 30.3 Å². The van der Waals surface area contributed by atoms with E-state index >= 15 is 0 Å². The molecule has 0 aliphatic rings. The van der Waals surface area contributed by atoms with E-state index < -0.39 is 0 Å². The minimum absolute atomic E-state index is 0.0387. The zero-order valence-electron chi connectivity index (χ0n) is 11.8. The fourth-order valence-electron chi connectivity index (χ4n) is 2.03. The van der Waals surface area contributed by atoms with Crippen molar-refractivity contribution in [1.82, 2.24) is 9.97 Å². The number of hydrogen-bond donors (Lipinski definition) is 2. The van der Waals surface area contributed by atoms with Crippen molar-refractivity contribution >= 4 is 17.0 Å². The van der Waals surface area contributed by atoms with E-state index in [4.69, 9.17) is 15.6 Å². The smallest absolute Gasteiger partial charge is 0.142 e. The summed E-state index contributed by atoms with van der Waals surface area (Å²) in [6.07, 6.45) is 3.50. The highest BCUT2D eigenvalue weighted by Crippen LogP contribution is 2.32. The van der Waals surface area contributed by atoms with E-state index in [9.17, 15) is 0 Å². The van der Waals surface area contributed by atoms with Gasteiger partial charge in [-0.15, -0.1) is 11.3 Å². The molecule has 6 heteroatoms. The molecule has 3 aromatic rings. The van der Waals surface area contributed by atoms with Crippen LogP contribution in [-0.2, 0) is 0 Å². The standard InChI is InChI=1S/C16H15N3O2S/c17-13-9-12(1-2-15(13)21-8-7-20)16-19-14(10-22-16)11-3-5-18-6-4-11/h1-6,9-10,20H,7-8,17H2. The van der Waals surface area contributed by atoms with Gasteiger partial charge in [0.05, 0.1) is 18.0 Å². The zero-order valence-corrected chi connectivity index (χ0v) is 12.6. The molecule has 22 heavy (non-hydrogen) atoms. The maximum absolute atomic E-state index is 8.78. The predicted octanol–water partition coefficient (Wildman–Crippen LogP) is 2.83. The van der Waals surface area contributed by atoms with Crippen molar-refractivity contribution < 1.29 is 9.84 Å². The molecule has 0 aliphatic heterocycles. The molecule has 0 fully saturated rings. The Balaban J connectivity index is 1.86. The Morgan fingerprint density at radius 1 is 1.14 bits per heavy atom. The minimum atomic E-state index is -0.0387. The minimum Gasteiger partial charge on any atom is -0.489 e. The van der Waals surface area contributed by atoms with Crippen molar-refractivity contribution in [2.75, 3.05) is 18.9 Å². The maximum atomic E-state index is 8.78. The quantitative estimate of drug-likeness (QED) is 0.708. The summed E-state index contributed by atoms with van der Waals surface area (Å²) in [6.45, 7) is 0.190. The van der Waals surface area contributed by atoms with Gasteiger partial charge in [0.2, 0.25) is 0 Å². The Morgan fingerprint density at radius 3 is 2.68 bits per heavy atom. The topological polar surface area (TPSA) is 81.3 Å². The van der Waals surface area contributed by atoms with Gasteiger partial charge in [-0.25, -0.2) is 4.98 Å². The molecule has 0 spiro atoms. The van der Waals surface area contributed by atoms with Gasteiger partial charge in [-0.2, -0.15) is 0 Å². The summed E-state index contributed by atoms with van der Waals surface area (Å²) < 4.78 is 5.35. The number of nitrogens with zero attached hydrogens (tertiary/aromatic N) is 2. The average Bonchev–Trinajstić information content (AvgIpc) is 3.04. The van der Waals surface area contributed by atoms with Crippen LogP contribution in [0.5, 0.6) is 5.75 Å². The monoisotopic (exact) mass is 313 g/mol. The Labute approximate surface area is 132 Å². The number of aliphatic hydroxyl groups is 1. The van der Waals surface area contributed by atoms with Crippen LogP contribution in [-0.4, -0.2) is 28.3 Å². The molecular formula is C16H15N3O2S. The molecule has 112 valence electrons. The summed E-state index contributed by atoms with van der Waals surface area (Å²) in [5, 5.41) is 11.7. The summed E-state index contributed by atoms with van der Waals surface area (Å²) in [5.41, 5.74) is 9.41. The molecule has 0 amide bonds. The second kappa shape index (κ2) is 6.55. The summed E-state index contributed by atoms with van der Waals surface area (Å²) in [6, 6.07) is 9.41. The lowest BCUT2D eigenvalue weighted by atomic mass is 10.2. The first-order valence-electron chi connectivity index (χ1n) is 6.77. The number of ether oxygens (including phenoxy) is 1. The summed E-state index contributed by atoms with van der Waals surface area (Å²) in [7, 11) is 0. The van der Waals surface area contributed by atoms with E-state index in [2.05, 4.69) is 9.97 Å². The molecule has 0 unspecified atom stereocenters. The number of aliphatic hydroxyl groups excluding tert-OH is 1. The molecule has 2 heterocycles. The summed E-state index contributed by atoms with van der Waals surface area (Å²) >= 11 is 1.56. The molecular weight excluding hydrogens is 298 g/mol. The van der Waals surface area contributed by atoms with Gasteiger partial charge >= 0.3 is 0 Å². The number of hydrogen-bond acceptors (Lipinski definition) is 6. The van der Waals surface area contributed by atoms with Gasteiger partial charge in [0.15, 0.2) is 0 Å². The van der Waals surface area contributed by atoms with Gasteiger partial charge in [0.25, 0.3) is 0 Å². The molecule has 1 aromatic carbocycles. The highest BCUT2D eigenvalue weighted by molar-refractivity contribution is 7.13. The normalized spacial score (nSPS) is 10.6. The second-order valence-electron chi connectivity index (χ2n) is 4.60. The fraction of sp³-hybridized carbons (Fsp3) is 0.125. The molecule has 0 aliphatic carbocycles. The number of thiazole rings is 1. The number of anilines is 1. The van der Waals surface area contributed by atoms with Crippen LogP contribution < -0.4 is 10.5 Å². The van der Waals surface area contributed by atoms with Crippen molar-refractivity contribution in [2.45, 2.75) is 0 Å². The first-order valence-corrected chi connectivity index (χ1v) is 7.65. The first-order chi connectivity index (χ1) is 10.8. The highest BCUT2D eigenvalue weighted by Gasteiger charge is 2.09. The van der Waals surface area contributed by atoms with Crippen LogP contribution in [0, 0.1) is 0 Å². The van der Waals surface area contributed by atoms with Crippen molar-refractivity contribution in [3.63, 3.8) is 0 Å². The Bertz CT molecular complexity index is 759. The molecule has 2 aromatic heterocycles. The molecule has 3 N–H and O–H groups in total. The lowest BCUT2D eigenvalue weighted by molar-refractivity contribution is 0.202. The number of nitrogens with two attached hydrogens (primary N) is 1. The second-order valence-corrected chi connectivity index (χ2v) is 5.46. The van der Waals surface area contributed by atoms with E-state index in [0.29, 0.717) is 11.4 Å². The van der Waals surface area contributed by atoms with Gasteiger partial charge in [-0.3, -0.25) is 4.98 Å². The van der Waals surface area contributed by atoms with E-state index in [1.807, 2.05) is 29.6 Å². The third-order valence-corrected chi connectivity index (χ3v) is 3.98. The van der Waals surface area contributed by atoms with Crippen LogP contribution >= 0.6 is 11.3 Å². The predicted molar refractivity (Wildman–Crippen MR) is 87.8 cm³/mol. The highest BCUT2D eigenvalue weighted by atomic mass is 32.1. The molecule has 0 atom stereocenters. The van der Waals surface area contributed by atoms with Crippen LogP contribution in [0.2, 0.25) is 0 Å². The third kappa shape index (κ3) is 3.08. The van der Waals surface area contributed by atoms with E-state index in [-0.39, 0.29) is 13.2 Å². The van der Waals surface area contributed by atoms with Crippen LogP contribution in [0.4, 0.5) is 5.69 Å². The van der Waals surface area contributed by atoms with Crippen LogP contribution in [0.25, 0.3) is 21.8 Å². The number of nitrogen functional groups attached to an aromatic ring is 1. The molecule has 5 nitrogen and oxygen atoms in total. The molecule has 0 radical (unpaired) electrons. The van der Waals surface area contributed by atoms with Crippen molar-refractivity contribution in [3.8, 4) is 27.6 Å². The fourth-order valence-corrected chi connectivity index (χ4v) is 2.86. The SMILES string of the molecule is Nc1cc(-c2nc(-c3ccncc3)cs2)ccc1OCCO. The number of benzene rings is 1. The lowest BCUT2D eigenvalue weighted by Crippen LogP contribution is -2.03. The molecule has 0 saturated carbocycles. The van der Waals surface area contributed by atoms with Gasteiger partial charge < -0.3 is 15.6 Å². The number of pyridine rings is 1. The van der Waals surface area contributed by atoms with Gasteiger partial charge in [-0.1, -0.05) is 0 Å². The lowest BCUT2D eigenvalue weighted by Gasteiger charge is -2.08. The largest absolute Gasteiger partial charge is 0.489 e. The Hall–Kier alpha value is -2.44. The maximum Gasteiger partial charge on any atom is 0.142 e. The Kier molecular flexibility index (Phi) is 4.32. The number of rotatable bonds is 5. The number of aromatic nitrogens is 2. The van der Waals surface area contributed by atoms with E-state index in [1.165, 1.54) is 0 Å². The van der Waals surface area contributed by atoms with Crippen LogP contribution in [0.15, 0.2) is 48.1 Å². The van der Waals surface area contributed by atoms with E-state index in [1.54, 1.807) is 29.8 Å². The van der Waals surface area contributed by atoms with Gasteiger partial charge in [0.1, 0.15) is 17.4 Å². The molecule has 0 saturated heterocycles. The third-order valence-electron chi connectivity index (χ3n) is 3.09. The van der Waals surface area contributed by atoms with Crippen LogP contribution in [0.1, 0.15) is 0 Å².